The van der Waals surface area contributed by atoms with Gasteiger partial charge in [0.15, 0.2) is 0 Å². The standard InChI is InChI=1S/C13H19NO2/c1-4-10(3)14-12-8-6-7-11(9-12)13(15)16-5-2/h6-10,14H,4-5H2,1-3H3. The summed E-state index contributed by atoms with van der Waals surface area (Å²) in [6.45, 7) is 6.44. The van der Waals surface area contributed by atoms with Crippen molar-refractivity contribution < 1.29 is 9.53 Å². The van der Waals surface area contributed by atoms with Gasteiger partial charge >= 0.3 is 5.97 Å². The zero-order valence-electron chi connectivity index (χ0n) is 10.1. The van der Waals surface area contributed by atoms with Gasteiger partial charge in [-0.15, -0.1) is 0 Å². The lowest BCUT2D eigenvalue weighted by atomic mass is 10.2. The molecule has 0 saturated carbocycles. The van der Waals surface area contributed by atoms with Gasteiger partial charge in [-0.3, -0.25) is 0 Å². The van der Waals surface area contributed by atoms with Crippen LogP contribution in [-0.4, -0.2) is 18.6 Å². The molecule has 0 fully saturated rings. The second-order valence-electron chi connectivity index (χ2n) is 3.75. The molecule has 1 unspecified atom stereocenters. The molecule has 3 heteroatoms. The Morgan fingerprint density at radius 1 is 1.44 bits per heavy atom. The monoisotopic (exact) mass is 221 g/mol. The van der Waals surface area contributed by atoms with Crippen LogP contribution in [0.15, 0.2) is 24.3 Å². The van der Waals surface area contributed by atoms with Crippen molar-refractivity contribution in [2.75, 3.05) is 11.9 Å². The summed E-state index contributed by atoms with van der Waals surface area (Å²) in [6.07, 6.45) is 1.05. The Morgan fingerprint density at radius 3 is 2.81 bits per heavy atom. The van der Waals surface area contributed by atoms with E-state index in [0.29, 0.717) is 18.2 Å². The van der Waals surface area contributed by atoms with Crippen molar-refractivity contribution in [1.82, 2.24) is 0 Å². The molecule has 1 N–H and O–H groups in total. The summed E-state index contributed by atoms with van der Waals surface area (Å²) in [4.78, 5) is 11.5. The Balaban J connectivity index is 2.74. The van der Waals surface area contributed by atoms with Crippen LogP contribution in [0.1, 0.15) is 37.6 Å². The number of esters is 1. The van der Waals surface area contributed by atoms with E-state index in [1.807, 2.05) is 18.2 Å². The number of benzene rings is 1. The van der Waals surface area contributed by atoms with Gasteiger partial charge in [0.25, 0.3) is 0 Å². The van der Waals surface area contributed by atoms with Gasteiger partial charge < -0.3 is 10.1 Å². The number of carbonyl (C=O) groups excluding carboxylic acids is 1. The van der Waals surface area contributed by atoms with E-state index in [1.165, 1.54) is 0 Å². The van der Waals surface area contributed by atoms with Crippen molar-refractivity contribution >= 4 is 11.7 Å². The van der Waals surface area contributed by atoms with Crippen LogP contribution >= 0.6 is 0 Å². The third kappa shape index (κ3) is 3.57. The minimum Gasteiger partial charge on any atom is -0.462 e. The molecule has 0 bridgehead atoms. The Morgan fingerprint density at radius 2 is 2.19 bits per heavy atom. The smallest absolute Gasteiger partial charge is 0.338 e. The van der Waals surface area contributed by atoms with Crippen LogP contribution in [0.25, 0.3) is 0 Å². The summed E-state index contributed by atoms with van der Waals surface area (Å²) in [5.41, 5.74) is 1.55. The number of nitrogens with one attached hydrogen (secondary N) is 1. The average molecular weight is 221 g/mol. The van der Waals surface area contributed by atoms with Gasteiger partial charge in [-0.2, -0.15) is 0 Å². The molecule has 0 heterocycles. The molecule has 1 rings (SSSR count). The predicted molar refractivity (Wildman–Crippen MR) is 65.8 cm³/mol. The summed E-state index contributed by atoms with van der Waals surface area (Å²) in [7, 11) is 0. The second-order valence-corrected chi connectivity index (χ2v) is 3.75. The zero-order chi connectivity index (χ0) is 12.0. The molecule has 0 aliphatic heterocycles. The molecule has 0 spiro atoms. The van der Waals surface area contributed by atoms with Crippen molar-refractivity contribution in [2.24, 2.45) is 0 Å². The Labute approximate surface area is 96.8 Å². The van der Waals surface area contributed by atoms with Crippen LogP contribution in [-0.2, 0) is 4.74 Å². The minimum atomic E-state index is -0.268. The molecular weight excluding hydrogens is 202 g/mol. The normalized spacial score (nSPS) is 11.9. The molecule has 1 aromatic carbocycles. The number of hydrogen-bond donors (Lipinski definition) is 1. The van der Waals surface area contributed by atoms with Crippen LogP contribution < -0.4 is 5.32 Å². The molecule has 0 radical (unpaired) electrons. The summed E-state index contributed by atoms with van der Waals surface area (Å²) in [6, 6.07) is 7.80. The van der Waals surface area contributed by atoms with E-state index in [0.717, 1.165) is 12.1 Å². The summed E-state index contributed by atoms with van der Waals surface area (Å²) < 4.78 is 4.95. The Hall–Kier alpha value is -1.51. The van der Waals surface area contributed by atoms with Crippen molar-refractivity contribution in [2.45, 2.75) is 33.2 Å². The largest absolute Gasteiger partial charge is 0.462 e. The number of anilines is 1. The van der Waals surface area contributed by atoms with E-state index >= 15 is 0 Å². The Bertz CT molecular complexity index is 350. The fraction of sp³-hybridized carbons (Fsp3) is 0.462. The molecule has 88 valence electrons. The van der Waals surface area contributed by atoms with Crippen molar-refractivity contribution in [3.05, 3.63) is 29.8 Å². The highest BCUT2D eigenvalue weighted by Gasteiger charge is 2.07. The fourth-order valence-electron chi connectivity index (χ4n) is 1.34. The molecular formula is C13H19NO2. The van der Waals surface area contributed by atoms with Crippen molar-refractivity contribution in [3.63, 3.8) is 0 Å². The van der Waals surface area contributed by atoms with Crippen LogP contribution in [0.2, 0.25) is 0 Å². The number of ether oxygens (including phenoxy) is 1. The predicted octanol–water partition coefficient (Wildman–Crippen LogP) is 3.07. The first-order valence-electron chi connectivity index (χ1n) is 5.71. The van der Waals surface area contributed by atoms with E-state index in [2.05, 4.69) is 19.2 Å². The molecule has 1 atom stereocenters. The topological polar surface area (TPSA) is 38.3 Å². The summed E-state index contributed by atoms with van der Waals surface area (Å²) >= 11 is 0. The third-order valence-electron chi connectivity index (χ3n) is 2.40. The van der Waals surface area contributed by atoms with E-state index in [1.54, 1.807) is 13.0 Å². The second kappa shape index (κ2) is 6.16. The average Bonchev–Trinajstić information content (AvgIpc) is 2.29. The summed E-state index contributed by atoms with van der Waals surface area (Å²) in [5, 5.41) is 3.32. The number of carbonyl (C=O) groups is 1. The summed E-state index contributed by atoms with van der Waals surface area (Å²) in [5.74, 6) is -0.268. The lowest BCUT2D eigenvalue weighted by Gasteiger charge is -2.13. The van der Waals surface area contributed by atoms with E-state index in [4.69, 9.17) is 4.74 Å². The molecule has 1 aromatic rings. The number of rotatable bonds is 5. The lowest BCUT2D eigenvalue weighted by molar-refractivity contribution is 0.0526. The molecule has 16 heavy (non-hydrogen) atoms. The minimum absolute atomic E-state index is 0.268. The molecule has 3 nitrogen and oxygen atoms in total. The van der Waals surface area contributed by atoms with Gasteiger partial charge in [0.05, 0.1) is 12.2 Å². The van der Waals surface area contributed by atoms with Gasteiger partial charge in [-0.1, -0.05) is 13.0 Å². The SMILES string of the molecule is CCOC(=O)c1cccc(NC(C)CC)c1. The van der Waals surface area contributed by atoms with Gasteiger partial charge in [0.2, 0.25) is 0 Å². The highest BCUT2D eigenvalue weighted by molar-refractivity contribution is 5.90. The molecule has 0 amide bonds. The third-order valence-corrected chi connectivity index (χ3v) is 2.40. The van der Waals surface area contributed by atoms with E-state index in [-0.39, 0.29) is 5.97 Å². The molecule has 0 saturated heterocycles. The first-order chi connectivity index (χ1) is 7.67. The fourth-order valence-corrected chi connectivity index (χ4v) is 1.34. The van der Waals surface area contributed by atoms with E-state index in [9.17, 15) is 4.79 Å². The Kier molecular flexibility index (Phi) is 4.83. The van der Waals surface area contributed by atoms with Crippen molar-refractivity contribution in [1.29, 1.82) is 0 Å². The molecule has 0 aliphatic carbocycles. The van der Waals surface area contributed by atoms with Gasteiger partial charge in [-0.25, -0.2) is 4.79 Å². The zero-order valence-corrected chi connectivity index (χ0v) is 10.1. The van der Waals surface area contributed by atoms with Gasteiger partial charge in [0.1, 0.15) is 0 Å². The number of hydrogen-bond acceptors (Lipinski definition) is 3. The maximum atomic E-state index is 11.5. The van der Waals surface area contributed by atoms with Crippen LogP contribution in [0.3, 0.4) is 0 Å². The van der Waals surface area contributed by atoms with Crippen LogP contribution in [0.4, 0.5) is 5.69 Å². The van der Waals surface area contributed by atoms with Crippen LogP contribution in [0, 0.1) is 0 Å². The van der Waals surface area contributed by atoms with E-state index < -0.39 is 0 Å². The quantitative estimate of drug-likeness (QED) is 0.776. The highest BCUT2D eigenvalue weighted by atomic mass is 16.5. The first-order valence-corrected chi connectivity index (χ1v) is 5.71. The highest BCUT2D eigenvalue weighted by Crippen LogP contribution is 2.13. The van der Waals surface area contributed by atoms with Crippen LogP contribution in [0.5, 0.6) is 0 Å². The maximum Gasteiger partial charge on any atom is 0.338 e. The molecule has 0 aromatic heterocycles. The molecule has 0 aliphatic rings. The lowest BCUT2D eigenvalue weighted by Crippen LogP contribution is -2.14. The van der Waals surface area contributed by atoms with Gasteiger partial charge in [0, 0.05) is 11.7 Å². The first kappa shape index (κ1) is 12.6. The van der Waals surface area contributed by atoms with Crippen molar-refractivity contribution in [3.8, 4) is 0 Å². The maximum absolute atomic E-state index is 11.5. The van der Waals surface area contributed by atoms with Gasteiger partial charge in [-0.05, 0) is 38.5 Å².